The Morgan fingerprint density at radius 3 is 2.62 bits per heavy atom. The van der Waals surface area contributed by atoms with Crippen molar-refractivity contribution in [1.29, 1.82) is 0 Å². The molecule has 0 aliphatic heterocycles. The molecule has 0 radical (unpaired) electrons. The van der Waals surface area contributed by atoms with Crippen LogP contribution in [-0.2, 0) is 6.54 Å². The molecule has 13 heavy (non-hydrogen) atoms. The zero-order valence-electron chi connectivity index (χ0n) is 8.50. The van der Waals surface area contributed by atoms with Gasteiger partial charge in [-0.15, -0.1) is 0 Å². The molecule has 0 saturated heterocycles. The second-order valence-electron chi connectivity index (χ2n) is 3.48. The van der Waals surface area contributed by atoms with Gasteiger partial charge in [0.25, 0.3) is 0 Å². The molecule has 72 valence electrons. The van der Waals surface area contributed by atoms with Gasteiger partial charge in [-0.1, -0.05) is 12.1 Å². The van der Waals surface area contributed by atoms with Gasteiger partial charge in [-0.2, -0.15) is 0 Å². The molecule has 2 nitrogen and oxygen atoms in total. The lowest BCUT2D eigenvalue weighted by molar-refractivity contribution is 0.240. The SMILES string of the molecule is Cc1ccc(CN)c(OC(C)C)c1. The number of hydrogen-bond acceptors (Lipinski definition) is 2. The highest BCUT2D eigenvalue weighted by atomic mass is 16.5. The number of nitrogens with two attached hydrogens (primary N) is 1. The summed E-state index contributed by atoms with van der Waals surface area (Å²) in [6, 6.07) is 6.10. The Morgan fingerprint density at radius 2 is 2.08 bits per heavy atom. The van der Waals surface area contributed by atoms with Crippen LogP contribution in [0.1, 0.15) is 25.0 Å². The Labute approximate surface area is 79.7 Å². The van der Waals surface area contributed by atoms with Gasteiger partial charge in [0, 0.05) is 12.1 Å². The summed E-state index contributed by atoms with van der Waals surface area (Å²) in [5.41, 5.74) is 7.87. The average Bonchev–Trinajstić information content (AvgIpc) is 2.03. The van der Waals surface area contributed by atoms with E-state index in [1.807, 2.05) is 32.9 Å². The summed E-state index contributed by atoms with van der Waals surface area (Å²) in [5, 5.41) is 0. The van der Waals surface area contributed by atoms with Crippen LogP contribution in [0.4, 0.5) is 0 Å². The number of rotatable bonds is 3. The van der Waals surface area contributed by atoms with Crippen LogP contribution >= 0.6 is 0 Å². The molecule has 0 bridgehead atoms. The predicted molar refractivity (Wildman–Crippen MR) is 54.8 cm³/mol. The van der Waals surface area contributed by atoms with Gasteiger partial charge in [-0.25, -0.2) is 0 Å². The van der Waals surface area contributed by atoms with Crippen molar-refractivity contribution in [2.24, 2.45) is 5.73 Å². The summed E-state index contributed by atoms with van der Waals surface area (Å²) in [4.78, 5) is 0. The van der Waals surface area contributed by atoms with Crippen molar-refractivity contribution in [3.63, 3.8) is 0 Å². The maximum atomic E-state index is 5.64. The van der Waals surface area contributed by atoms with Crippen molar-refractivity contribution in [1.82, 2.24) is 0 Å². The van der Waals surface area contributed by atoms with E-state index in [2.05, 4.69) is 6.07 Å². The van der Waals surface area contributed by atoms with Gasteiger partial charge in [0.1, 0.15) is 5.75 Å². The third-order valence-electron chi connectivity index (χ3n) is 1.81. The van der Waals surface area contributed by atoms with Crippen molar-refractivity contribution < 1.29 is 4.74 Å². The summed E-state index contributed by atoms with van der Waals surface area (Å²) in [6.45, 7) is 6.61. The first-order valence-corrected chi connectivity index (χ1v) is 4.59. The van der Waals surface area contributed by atoms with Crippen molar-refractivity contribution in [3.05, 3.63) is 29.3 Å². The minimum Gasteiger partial charge on any atom is -0.491 e. The van der Waals surface area contributed by atoms with E-state index in [1.54, 1.807) is 0 Å². The topological polar surface area (TPSA) is 35.2 Å². The van der Waals surface area contributed by atoms with Crippen LogP contribution < -0.4 is 10.5 Å². The van der Waals surface area contributed by atoms with E-state index in [0.29, 0.717) is 6.54 Å². The minimum absolute atomic E-state index is 0.201. The number of ether oxygens (including phenoxy) is 1. The third kappa shape index (κ3) is 2.74. The van der Waals surface area contributed by atoms with E-state index in [4.69, 9.17) is 10.5 Å². The van der Waals surface area contributed by atoms with Gasteiger partial charge in [0.15, 0.2) is 0 Å². The molecule has 0 aromatic heterocycles. The summed E-state index contributed by atoms with van der Waals surface area (Å²) < 4.78 is 5.64. The quantitative estimate of drug-likeness (QED) is 0.772. The maximum Gasteiger partial charge on any atom is 0.124 e. The van der Waals surface area contributed by atoms with E-state index >= 15 is 0 Å². The lowest BCUT2D eigenvalue weighted by Gasteiger charge is -2.13. The Balaban J connectivity index is 2.94. The molecule has 0 atom stereocenters. The Morgan fingerprint density at radius 1 is 1.38 bits per heavy atom. The van der Waals surface area contributed by atoms with E-state index < -0.39 is 0 Å². The highest BCUT2D eigenvalue weighted by Gasteiger charge is 2.03. The van der Waals surface area contributed by atoms with Crippen LogP contribution in [-0.4, -0.2) is 6.10 Å². The van der Waals surface area contributed by atoms with E-state index in [0.717, 1.165) is 11.3 Å². The second-order valence-corrected chi connectivity index (χ2v) is 3.48. The first-order valence-electron chi connectivity index (χ1n) is 4.59. The highest BCUT2D eigenvalue weighted by molar-refractivity contribution is 5.37. The lowest BCUT2D eigenvalue weighted by Crippen LogP contribution is -2.09. The highest BCUT2D eigenvalue weighted by Crippen LogP contribution is 2.20. The number of benzene rings is 1. The molecule has 1 rings (SSSR count). The van der Waals surface area contributed by atoms with E-state index in [-0.39, 0.29) is 6.10 Å². The molecule has 0 fully saturated rings. The fraction of sp³-hybridized carbons (Fsp3) is 0.455. The van der Waals surface area contributed by atoms with Crippen LogP contribution in [0.3, 0.4) is 0 Å². The molecule has 1 aromatic carbocycles. The summed E-state index contributed by atoms with van der Waals surface area (Å²) >= 11 is 0. The first kappa shape index (κ1) is 10.1. The van der Waals surface area contributed by atoms with Crippen molar-refractivity contribution in [3.8, 4) is 5.75 Å². The van der Waals surface area contributed by atoms with Crippen LogP contribution in [0.25, 0.3) is 0 Å². The molecular weight excluding hydrogens is 162 g/mol. The van der Waals surface area contributed by atoms with Gasteiger partial charge < -0.3 is 10.5 Å². The number of hydrogen-bond donors (Lipinski definition) is 1. The molecule has 0 heterocycles. The molecule has 1 aromatic rings. The van der Waals surface area contributed by atoms with Gasteiger partial charge in [-0.05, 0) is 32.4 Å². The van der Waals surface area contributed by atoms with E-state index in [9.17, 15) is 0 Å². The molecule has 2 heteroatoms. The van der Waals surface area contributed by atoms with Crippen LogP contribution in [0.2, 0.25) is 0 Å². The van der Waals surface area contributed by atoms with Gasteiger partial charge >= 0.3 is 0 Å². The van der Waals surface area contributed by atoms with Gasteiger partial charge in [0.2, 0.25) is 0 Å². The monoisotopic (exact) mass is 179 g/mol. The smallest absolute Gasteiger partial charge is 0.124 e. The molecule has 0 amide bonds. The van der Waals surface area contributed by atoms with Crippen molar-refractivity contribution in [2.75, 3.05) is 0 Å². The Hall–Kier alpha value is -1.02. The molecule has 0 saturated carbocycles. The Bertz CT molecular complexity index is 281. The summed E-state index contributed by atoms with van der Waals surface area (Å²) in [7, 11) is 0. The van der Waals surface area contributed by atoms with Crippen LogP contribution in [0.5, 0.6) is 5.75 Å². The van der Waals surface area contributed by atoms with Crippen molar-refractivity contribution >= 4 is 0 Å². The van der Waals surface area contributed by atoms with Crippen LogP contribution in [0.15, 0.2) is 18.2 Å². The molecular formula is C11H17NO. The molecule has 0 aliphatic carbocycles. The Kier molecular flexibility index (Phi) is 3.32. The predicted octanol–water partition coefficient (Wildman–Crippen LogP) is 2.24. The minimum atomic E-state index is 0.201. The second kappa shape index (κ2) is 4.28. The average molecular weight is 179 g/mol. The number of aryl methyl sites for hydroxylation is 1. The first-order chi connectivity index (χ1) is 6.13. The van der Waals surface area contributed by atoms with E-state index in [1.165, 1.54) is 5.56 Å². The standard InChI is InChI=1S/C11H17NO/c1-8(2)13-11-6-9(3)4-5-10(11)7-12/h4-6,8H,7,12H2,1-3H3. The van der Waals surface area contributed by atoms with Crippen LogP contribution in [0, 0.1) is 6.92 Å². The molecule has 0 unspecified atom stereocenters. The van der Waals surface area contributed by atoms with Gasteiger partial charge in [0.05, 0.1) is 6.10 Å². The van der Waals surface area contributed by atoms with Gasteiger partial charge in [-0.3, -0.25) is 0 Å². The molecule has 0 aliphatic rings. The molecule has 0 spiro atoms. The summed E-state index contributed by atoms with van der Waals surface area (Å²) in [6.07, 6.45) is 0.201. The zero-order chi connectivity index (χ0) is 9.84. The van der Waals surface area contributed by atoms with Crippen molar-refractivity contribution in [2.45, 2.75) is 33.4 Å². The largest absolute Gasteiger partial charge is 0.491 e. The normalized spacial score (nSPS) is 10.5. The third-order valence-corrected chi connectivity index (χ3v) is 1.81. The lowest BCUT2D eigenvalue weighted by atomic mass is 10.1. The zero-order valence-corrected chi connectivity index (χ0v) is 8.50. The maximum absolute atomic E-state index is 5.64. The summed E-state index contributed by atoms with van der Waals surface area (Å²) in [5.74, 6) is 0.914. The fourth-order valence-electron chi connectivity index (χ4n) is 1.19. The fourth-order valence-corrected chi connectivity index (χ4v) is 1.19. The molecule has 2 N–H and O–H groups in total.